The van der Waals surface area contributed by atoms with E-state index in [9.17, 15) is 0 Å². The number of hydrogen-bond acceptors (Lipinski definition) is 3. The summed E-state index contributed by atoms with van der Waals surface area (Å²) in [5.41, 5.74) is 2.31. The molecular weight excluding hydrogens is 236 g/mol. The third-order valence-electron chi connectivity index (χ3n) is 3.88. The summed E-state index contributed by atoms with van der Waals surface area (Å²) in [6.07, 6.45) is 3.27. The van der Waals surface area contributed by atoms with Crippen LogP contribution in [0.2, 0.25) is 0 Å². The topological polar surface area (TPSA) is 45.0 Å². The van der Waals surface area contributed by atoms with Crippen molar-refractivity contribution in [1.82, 2.24) is 5.32 Å². The van der Waals surface area contributed by atoms with E-state index in [1.54, 1.807) is 0 Å². The van der Waals surface area contributed by atoms with Crippen LogP contribution in [0.5, 0.6) is 5.75 Å². The van der Waals surface area contributed by atoms with E-state index in [2.05, 4.69) is 30.4 Å². The fourth-order valence-corrected chi connectivity index (χ4v) is 2.52. The van der Waals surface area contributed by atoms with Gasteiger partial charge < -0.3 is 10.1 Å². The summed E-state index contributed by atoms with van der Waals surface area (Å²) in [5, 5.41) is 12.6. The summed E-state index contributed by atoms with van der Waals surface area (Å²) in [5.74, 6) is 0.957. The zero-order valence-electron chi connectivity index (χ0n) is 11.8. The van der Waals surface area contributed by atoms with E-state index < -0.39 is 0 Å². The predicted octanol–water partition coefficient (Wildman–Crippen LogP) is 3.18. The van der Waals surface area contributed by atoms with Crippen LogP contribution in [-0.4, -0.2) is 13.2 Å². The van der Waals surface area contributed by atoms with E-state index in [-0.39, 0.29) is 5.41 Å². The van der Waals surface area contributed by atoms with Gasteiger partial charge in [0, 0.05) is 13.1 Å². The first-order valence-electron chi connectivity index (χ1n) is 7.03. The molecule has 19 heavy (non-hydrogen) atoms. The van der Waals surface area contributed by atoms with Gasteiger partial charge in [-0.3, -0.25) is 0 Å². The van der Waals surface area contributed by atoms with Crippen LogP contribution in [0.15, 0.2) is 18.2 Å². The maximum atomic E-state index is 9.17. The minimum atomic E-state index is -0.0969. The number of nitrogens with one attached hydrogen (secondary N) is 1. The highest BCUT2D eigenvalue weighted by atomic mass is 16.5. The summed E-state index contributed by atoms with van der Waals surface area (Å²) in [7, 11) is 0. The Labute approximate surface area is 115 Å². The summed E-state index contributed by atoms with van der Waals surface area (Å²) < 4.78 is 5.53. The third-order valence-corrected chi connectivity index (χ3v) is 3.88. The van der Waals surface area contributed by atoms with Crippen molar-refractivity contribution in [2.45, 2.75) is 39.7 Å². The summed E-state index contributed by atoms with van der Waals surface area (Å²) in [6, 6.07) is 8.72. The van der Waals surface area contributed by atoms with Gasteiger partial charge in [-0.1, -0.05) is 18.6 Å². The SMILES string of the molecule is CCOc1ccc(CNCC2(C#N)CCC2)cc1C. The molecule has 0 aromatic heterocycles. The van der Waals surface area contributed by atoms with Crippen LogP contribution in [0.1, 0.15) is 37.3 Å². The van der Waals surface area contributed by atoms with Crippen LogP contribution >= 0.6 is 0 Å². The molecule has 0 saturated heterocycles. The normalized spacial score (nSPS) is 16.5. The molecular formula is C16H22N2O. The molecule has 1 aromatic carbocycles. The highest BCUT2D eigenvalue weighted by molar-refractivity contribution is 5.36. The molecule has 1 aromatic rings. The van der Waals surface area contributed by atoms with Crippen molar-refractivity contribution in [3.8, 4) is 11.8 Å². The standard InChI is InChI=1S/C16H22N2O/c1-3-19-15-6-5-14(9-13(15)2)10-18-12-16(11-17)7-4-8-16/h5-6,9,18H,3-4,7-8,10,12H2,1-2H3. The molecule has 0 heterocycles. The van der Waals surface area contributed by atoms with Crippen molar-refractivity contribution in [3.05, 3.63) is 29.3 Å². The molecule has 1 fully saturated rings. The van der Waals surface area contributed by atoms with Gasteiger partial charge in [-0.05, 0) is 43.9 Å². The number of aryl methyl sites for hydroxylation is 1. The van der Waals surface area contributed by atoms with Crippen LogP contribution < -0.4 is 10.1 Å². The molecule has 3 nitrogen and oxygen atoms in total. The number of benzene rings is 1. The first-order valence-corrected chi connectivity index (χ1v) is 7.03. The Morgan fingerprint density at radius 2 is 2.21 bits per heavy atom. The maximum absolute atomic E-state index is 9.17. The molecule has 0 atom stereocenters. The predicted molar refractivity (Wildman–Crippen MR) is 76.0 cm³/mol. The Morgan fingerprint density at radius 3 is 2.74 bits per heavy atom. The fraction of sp³-hybridized carbons (Fsp3) is 0.562. The van der Waals surface area contributed by atoms with Gasteiger partial charge in [0.05, 0.1) is 18.1 Å². The number of ether oxygens (including phenoxy) is 1. The first-order chi connectivity index (χ1) is 9.19. The second-order valence-corrected chi connectivity index (χ2v) is 5.38. The van der Waals surface area contributed by atoms with E-state index >= 15 is 0 Å². The van der Waals surface area contributed by atoms with Crippen molar-refractivity contribution >= 4 is 0 Å². The molecule has 0 spiro atoms. The number of nitriles is 1. The Balaban J connectivity index is 1.86. The Kier molecular flexibility index (Phi) is 4.44. The summed E-state index contributed by atoms with van der Waals surface area (Å²) >= 11 is 0. The van der Waals surface area contributed by atoms with Gasteiger partial charge in [0.25, 0.3) is 0 Å². The largest absolute Gasteiger partial charge is 0.494 e. The molecule has 3 heteroatoms. The van der Waals surface area contributed by atoms with Crippen LogP contribution in [0.4, 0.5) is 0 Å². The minimum Gasteiger partial charge on any atom is -0.494 e. The van der Waals surface area contributed by atoms with Gasteiger partial charge in [0.2, 0.25) is 0 Å². The molecule has 0 unspecified atom stereocenters. The molecule has 102 valence electrons. The third kappa shape index (κ3) is 3.27. The van der Waals surface area contributed by atoms with Crippen molar-refractivity contribution in [2.75, 3.05) is 13.2 Å². The van der Waals surface area contributed by atoms with E-state index in [0.29, 0.717) is 6.61 Å². The average molecular weight is 258 g/mol. The van der Waals surface area contributed by atoms with Crippen molar-refractivity contribution in [1.29, 1.82) is 5.26 Å². The van der Waals surface area contributed by atoms with Gasteiger partial charge in [0.1, 0.15) is 5.75 Å². The number of hydrogen-bond donors (Lipinski definition) is 1. The van der Waals surface area contributed by atoms with Crippen molar-refractivity contribution in [2.24, 2.45) is 5.41 Å². The highest BCUT2D eigenvalue weighted by Crippen LogP contribution is 2.39. The number of rotatable bonds is 6. The van der Waals surface area contributed by atoms with Crippen LogP contribution in [0.3, 0.4) is 0 Å². The Morgan fingerprint density at radius 1 is 1.42 bits per heavy atom. The molecule has 0 radical (unpaired) electrons. The Bertz CT molecular complexity index is 472. The zero-order valence-corrected chi connectivity index (χ0v) is 11.8. The molecule has 0 amide bonds. The second kappa shape index (κ2) is 6.08. The van der Waals surface area contributed by atoms with E-state index in [1.165, 1.54) is 17.5 Å². The monoisotopic (exact) mass is 258 g/mol. The average Bonchev–Trinajstić information content (AvgIpc) is 2.36. The van der Waals surface area contributed by atoms with Gasteiger partial charge in [-0.15, -0.1) is 0 Å². The molecule has 1 aliphatic carbocycles. The van der Waals surface area contributed by atoms with Gasteiger partial charge in [0.15, 0.2) is 0 Å². The van der Waals surface area contributed by atoms with E-state index in [4.69, 9.17) is 10.00 Å². The molecule has 1 saturated carbocycles. The summed E-state index contributed by atoms with van der Waals surface area (Å²) in [6.45, 7) is 6.38. The summed E-state index contributed by atoms with van der Waals surface area (Å²) in [4.78, 5) is 0. The van der Waals surface area contributed by atoms with Crippen LogP contribution in [0, 0.1) is 23.7 Å². The molecule has 2 rings (SSSR count). The van der Waals surface area contributed by atoms with Crippen molar-refractivity contribution in [3.63, 3.8) is 0 Å². The van der Waals surface area contributed by atoms with Gasteiger partial charge in [-0.25, -0.2) is 0 Å². The Hall–Kier alpha value is -1.53. The second-order valence-electron chi connectivity index (χ2n) is 5.38. The lowest BCUT2D eigenvalue weighted by Gasteiger charge is -2.35. The lowest BCUT2D eigenvalue weighted by Crippen LogP contribution is -2.38. The smallest absolute Gasteiger partial charge is 0.122 e. The van der Waals surface area contributed by atoms with Crippen LogP contribution in [0.25, 0.3) is 0 Å². The molecule has 1 aliphatic rings. The molecule has 0 bridgehead atoms. The van der Waals surface area contributed by atoms with Crippen LogP contribution in [-0.2, 0) is 6.54 Å². The lowest BCUT2D eigenvalue weighted by atomic mass is 9.70. The van der Waals surface area contributed by atoms with Crippen molar-refractivity contribution < 1.29 is 4.74 Å². The molecule has 1 N–H and O–H groups in total. The zero-order chi connectivity index (χ0) is 13.7. The maximum Gasteiger partial charge on any atom is 0.122 e. The molecule has 0 aliphatic heterocycles. The number of nitrogens with zero attached hydrogens (tertiary/aromatic N) is 1. The highest BCUT2D eigenvalue weighted by Gasteiger charge is 2.36. The van der Waals surface area contributed by atoms with E-state index in [1.807, 2.05) is 13.0 Å². The minimum absolute atomic E-state index is 0.0969. The van der Waals surface area contributed by atoms with E-state index in [0.717, 1.165) is 31.7 Å². The van der Waals surface area contributed by atoms with Gasteiger partial charge >= 0.3 is 0 Å². The first kappa shape index (κ1) is 13.9. The fourth-order valence-electron chi connectivity index (χ4n) is 2.52. The van der Waals surface area contributed by atoms with Gasteiger partial charge in [-0.2, -0.15) is 5.26 Å². The lowest BCUT2D eigenvalue weighted by molar-refractivity contribution is 0.206. The quantitative estimate of drug-likeness (QED) is 0.852.